The smallest absolute Gasteiger partial charge is 0.270 e. The first-order valence-corrected chi connectivity index (χ1v) is 5.99. The van der Waals surface area contributed by atoms with Crippen molar-refractivity contribution in [1.29, 1.82) is 0 Å². The molecule has 3 nitrogen and oxygen atoms in total. The van der Waals surface area contributed by atoms with Crippen LogP contribution in [0, 0.1) is 6.92 Å². The Hall–Kier alpha value is -1.51. The first-order valence-electron chi connectivity index (χ1n) is 5.99. The van der Waals surface area contributed by atoms with Gasteiger partial charge in [0.05, 0.1) is 5.69 Å². The number of carbonyl (C=O) groups excluding carboxylic acids is 1. The van der Waals surface area contributed by atoms with E-state index in [2.05, 4.69) is 0 Å². The maximum Gasteiger partial charge on any atom is 0.270 e. The number of anilines is 1. The first-order chi connectivity index (χ1) is 7.92. The van der Waals surface area contributed by atoms with Crippen LogP contribution in [-0.2, 0) is 4.79 Å². The number of amides is 1. The van der Waals surface area contributed by atoms with Crippen LogP contribution < -0.4 is 9.64 Å². The second-order valence-electron chi connectivity index (χ2n) is 4.45. The molecule has 0 bridgehead atoms. The lowest BCUT2D eigenvalue weighted by Gasteiger charge is -2.36. The quantitative estimate of drug-likeness (QED) is 0.691. The van der Waals surface area contributed by atoms with Gasteiger partial charge in [0, 0.05) is 7.05 Å². The average Bonchev–Trinajstić information content (AvgIpc) is 2.30. The van der Waals surface area contributed by atoms with Crippen molar-refractivity contribution in [3.05, 3.63) is 23.8 Å². The summed E-state index contributed by atoms with van der Waals surface area (Å²) in [5, 5.41) is 0. The summed E-state index contributed by atoms with van der Waals surface area (Å²) in [5.41, 5.74) is 1.20. The van der Waals surface area contributed by atoms with E-state index in [1.54, 1.807) is 25.8 Å². The van der Waals surface area contributed by atoms with E-state index in [9.17, 15) is 4.79 Å². The fourth-order valence-corrected chi connectivity index (χ4v) is 1.81. The van der Waals surface area contributed by atoms with Gasteiger partial charge in [-0.3, -0.25) is 4.79 Å². The molecule has 0 spiro atoms. The molecule has 0 unspecified atom stereocenters. The van der Waals surface area contributed by atoms with Crippen molar-refractivity contribution in [2.45, 2.75) is 40.2 Å². The van der Waals surface area contributed by atoms with E-state index < -0.39 is 5.60 Å². The molecular formula is C14H21NO2. The third-order valence-electron chi connectivity index (χ3n) is 2.66. The van der Waals surface area contributed by atoms with E-state index in [1.807, 2.05) is 39.0 Å². The monoisotopic (exact) mass is 235 g/mol. The van der Waals surface area contributed by atoms with E-state index in [0.29, 0.717) is 0 Å². The van der Waals surface area contributed by atoms with Gasteiger partial charge in [-0.2, -0.15) is 0 Å². The van der Waals surface area contributed by atoms with Crippen LogP contribution in [0.2, 0.25) is 0 Å². The van der Waals surface area contributed by atoms with Gasteiger partial charge < -0.3 is 9.64 Å². The van der Waals surface area contributed by atoms with Crippen LogP contribution in [0.5, 0.6) is 5.75 Å². The molecule has 0 aliphatic carbocycles. The molecule has 94 valence electrons. The Morgan fingerprint density at radius 1 is 1.24 bits per heavy atom. The van der Waals surface area contributed by atoms with Crippen LogP contribution in [0.4, 0.5) is 5.69 Å². The maximum atomic E-state index is 11.9. The molecule has 0 saturated carbocycles. The predicted molar refractivity (Wildman–Crippen MR) is 70.6 cm³/mol. The van der Waals surface area contributed by atoms with Gasteiger partial charge in [0.15, 0.2) is 5.60 Å². The molecule has 0 atom stereocenters. The minimum atomic E-state index is -0.767. The Labute approximate surface area is 103 Å². The molecule has 1 amide bonds. The molecule has 1 aromatic carbocycles. The number of hydrogen-bond acceptors (Lipinski definition) is 2. The SMILES string of the molecule is CC.Cc1ccc2c(c1)N(C)C(=O)C(C)(C)O2. The Balaban J connectivity index is 0.000000686. The number of ether oxygens (including phenoxy) is 1. The Bertz CT molecular complexity index is 424. The Morgan fingerprint density at radius 2 is 1.82 bits per heavy atom. The second-order valence-corrected chi connectivity index (χ2v) is 4.45. The van der Waals surface area contributed by atoms with Crippen LogP contribution in [0.25, 0.3) is 0 Å². The molecule has 0 fully saturated rings. The molecule has 17 heavy (non-hydrogen) atoms. The number of likely N-dealkylation sites (N-methyl/N-ethyl adjacent to an activating group) is 1. The first kappa shape index (κ1) is 13.6. The van der Waals surface area contributed by atoms with E-state index in [0.717, 1.165) is 17.0 Å². The molecule has 0 radical (unpaired) electrons. The number of fused-ring (bicyclic) bond motifs is 1. The molecule has 2 rings (SSSR count). The van der Waals surface area contributed by atoms with Crippen LogP contribution in [-0.4, -0.2) is 18.6 Å². The Morgan fingerprint density at radius 3 is 2.41 bits per heavy atom. The van der Waals surface area contributed by atoms with Gasteiger partial charge in [-0.05, 0) is 38.5 Å². The lowest BCUT2D eigenvalue weighted by Crippen LogP contribution is -2.50. The summed E-state index contributed by atoms with van der Waals surface area (Å²) in [6.07, 6.45) is 0. The normalized spacial score (nSPS) is 16.6. The third kappa shape index (κ3) is 2.43. The van der Waals surface area contributed by atoms with Crippen molar-refractivity contribution >= 4 is 11.6 Å². The molecule has 0 N–H and O–H groups in total. The van der Waals surface area contributed by atoms with E-state index in [1.165, 1.54) is 0 Å². The number of aryl methyl sites for hydroxylation is 1. The van der Waals surface area contributed by atoms with Crippen molar-refractivity contribution < 1.29 is 9.53 Å². The van der Waals surface area contributed by atoms with Crippen LogP contribution in [0.1, 0.15) is 33.3 Å². The fourth-order valence-electron chi connectivity index (χ4n) is 1.81. The van der Waals surface area contributed by atoms with Crippen molar-refractivity contribution in [3.8, 4) is 5.75 Å². The Kier molecular flexibility index (Phi) is 3.81. The number of carbonyl (C=O) groups is 1. The number of nitrogens with zero attached hydrogens (tertiary/aromatic N) is 1. The van der Waals surface area contributed by atoms with Gasteiger partial charge in [0.2, 0.25) is 0 Å². The minimum absolute atomic E-state index is 0.0133. The molecular weight excluding hydrogens is 214 g/mol. The standard InChI is InChI=1S/C12H15NO2.C2H6/c1-8-5-6-10-9(7-8)13(4)11(14)12(2,3)15-10;1-2/h5-7H,1-4H3;1-2H3. The molecule has 0 aromatic heterocycles. The lowest BCUT2D eigenvalue weighted by molar-refractivity contribution is -0.132. The second kappa shape index (κ2) is 4.78. The average molecular weight is 235 g/mol. The van der Waals surface area contributed by atoms with Gasteiger partial charge in [-0.15, -0.1) is 0 Å². The summed E-state index contributed by atoms with van der Waals surface area (Å²) < 4.78 is 5.67. The molecule has 1 aliphatic heterocycles. The van der Waals surface area contributed by atoms with E-state index >= 15 is 0 Å². The van der Waals surface area contributed by atoms with Gasteiger partial charge in [0.1, 0.15) is 5.75 Å². The third-order valence-corrected chi connectivity index (χ3v) is 2.66. The van der Waals surface area contributed by atoms with Crippen LogP contribution in [0.15, 0.2) is 18.2 Å². The molecule has 1 aliphatic rings. The van der Waals surface area contributed by atoms with Gasteiger partial charge in [-0.25, -0.2) is 0 Å². The van der Waals surface area contributed by atoms with Crippen molar-refractivity contribution in [2.24, 2.45) is 0 Å². The van der Waals surface area contributed by atoms with Crippen molar-refractivity contribution in [3.63, 3.8) is 0 Å². The minimum Gasteiger partial charge on any atom is -0.476 e. The summed E-state index contributed by atoms with van der Waals surface area (Å²) in [7, 11) is 1.78. The number of hydrogen-bond donors (Lipinski definition) is 0. The summed E-state index contributed by atoms with van der Waals surface area (Å²) in [6, 6.07) is 5.86. The molecule has 1 aromatic rings. The summed E-state index contributed by atoms with van der Waals surface area (Å²) in [4.78, 5) is 13.6. The van der Waals surface area contributed by atoms with Gasteiger partial charge in [0.25, 0.3) is 5.91 Å². The van der Waals surface area contributed by atoms with E-state index in [4.69, 9.17) is 4.74 Å². The molecule has 1 heterocycles. The summed E-state index contributed by atoms with van der Waals surface area (Å²) in [5.74, 6) is 0.758. The lowest BCUT2D eigenvalue weighted by atomic mass is 10.0. The van der Waals surface area contributed by atoms with Gasteiger partial charge in [-0.1, -0.05) is 19.9 Å². The molecule has 0 saturated heterocycles. The molecule has 3 heteroatoms. The fraction of sp³-hybridized carbons (Fsp3) is 0.500. The van der Waals surface area contributed by atoms with Crippen LogP contribution >= 0.6 is 0 Å². The highest BCUT2D eigenvalue weighted by Crippen LogP contribution is 2.37. The zero-order chi connectivity index (χ0) is 13.2. The highest BCUT2D eigenvalue weighted by molar-refractivity contribution is 6.01. The van der Waals surface area contributed by atoms with Crippen molar-refractivity contribution in [1.82, 2.24) is 0 Å². The maximum absolute atomic E-state index is 11.9. The number of benzene rings is 1. The van der Waals surface area contributed by atoms with E-state index in [-0.39, 0.29) is 5.91 Å². The highest BCUT2D eigenvalue weighted by atomic mass is 16.5. The van der Waals surface area contributed by atoms with Gasteiger partial charge >= 0.3 is 0 Å². The summed E-state index contributed by atoms with van der Waals surface area (Å²) in [6.45, 7) is 9.57. The van der Waals surface area contributed by atoms with Crippen LogP contribution in [0.3, 0.4) is 0 Å². The van der Waals surface area contributed by atoms with Crippen molar-refractivity contribution in [2.75, 3.05) is 11.9 Å². The zero-order valence-electron chi connectivity index (χ0n) is 11.5. The largest absolute Gasteiger partial charge is 0.476 e. The highest BCUT2D eigenvalue weighted by Gasteiger charge is 2.38. The predicted octanol–water partition coefficient (Wildman–Crippen LogP) is 3.16. The zero-order valence-corrected chi connectivity index (χ0v) is 11.5. The summed E-state index contributed by atoms with van der Waals surface area (Å²) >= 11 is 0. The number of rotatable bonds is 0. The topological polar surface area (TPSA) is 29.5 Å².